The van der Waals surface area contributed by atoms with Crippen molar-refractivity contribution in [2.24, 2.45) is 0 Å². The van der Waals surface area contributed by atoms with Gasteiger partial charge in [-0.2, -0.15) is 0 Å². The summed E-state index contributed by atoms with van der Waals surface area (Å²) in [6.07, 6.45) is 6.67. The number of unbranched alkanes of at least 4 members (excludes halogenated alkanes) is 2. The first kappa shape index (κ1) is 22.4. The van der Waals surface area contributed by atoms with Crippen LogP contribution in [0, 0.1) is 0 Å². The van der Waals surface area contributed by atoms with Crippen LogP contribution in [0.5, 0.6) is 0 Å². The van der Waals surface area contributed by atoms with Crippen molar-refractivity contribution < 1.29 is 13.2 Å². The number of nitrogens with two attached hydrogens (primary N) is 1. The van der Waals surface area contributed by atoms with Gasteiger partial charge < -0.3 is 11.1 Å². The molecule has 0 amide bonds. The molecule has 170 valence electrons. The molecule has 2 aromatic carbocycles. The molecule has 0 radical (unpaired) electrons. The fourth-order valence-electron chi connectivity index (χ4n) is 4.97. The summed E-state index contributed by atoms with van der Waals surface area (Å²) in [5.74, 6) is 0.146. The van der Waals surface area contributed by atoms with Crippen molar-refractivity contribution in [3.8, 4) is 0 Å². The molecule has 0 unspecified atom stereocenters. The third-order valence-corrected chi connectivity index (χ3v) is 8.03. The molecule has 2 aromatic rings. The zero-order valence-electron chi connectivity index (χ0n) is 18.7. The third kappa shape index (κ3) is 3.90. The maximum Gasteiger partial charge on any atom is 0.265 e. The SMILES string of the molecule is CCCCC1(CCCC)CC(=C2Nc3ccc(N)cc3S(=O)(=O)N2)C(=O)c2ccccc21. The minimum absolute atomic E-state index is 0.0914. The minimum Gasteiger partial charge on any atom is -0.399 e. The highest BCUT2D eigenvalue weighted by atomic mass is 32.2. The Kier molecular flexibility index (Phi) is 6.03. The van der Waals surface area contributed by atoms with Crippen molar-refractivity contribution in [3.05, 3.63) is 65.0 Å². The van der Waals surface area contributed by atoms with Gasteiger partial charge in [0.15, 0.2) is 5.78 Å². The lowest BCUT2D eigenvalue weighted by atomic mass is 9.63. The molecule has 0 saturated heterocycles. The third-order valence-electron chi connectivity index (χ3n) is 6.64. The molecule has 0 bridgehead atoms. The standard InChI is InChI=1S/C25H31N3O3S/c1-3-5-13-25(14-6-4-2)16-19(23(29)18-9-7-8-10-20(18)25)24-27-21-12-11-17(26)15-22(21)32(30,31)28-24/h7-12,15,27-28H,3-6,13-14,16,26H2,1-2H3. The average Bonchev–Trinajstić information content (AvgIpc) is 2.78. The van der Waals surface area contributed by atoms with E-state index in [1.54, 1.807) is 12.1 Å². The van der Waals surface area contributed by atoms with Gasteiger partial charge in [0, 0.05) is 22.2 Å². The molecule has 4 N–H and O–H groups in total. The number of hydrogen-bond donors (Lipinski definition) is 3. The molecule has 0 fully saturated rings. The first-order valence-corrected chi connectivity index (χ1v) is 12.9. The molecule has 7 heteroatoms. The molecule has 1 aliphatic heterocycles. The zero-order valence-corrected chi connectivity index (χ0v) is 19.5. The summed E-state index contributed by atoms with van der Waals surface area (Å²) in [7, 11) is -3.84. The largest absolute Gasteiger partial charge is 0.399 e. The van der Waals surface area contributed by atoms with Crippen LogP contribution in [-0.4, -0.2) is 14.2 Å². The van der Waals surface area contributed by atoms with Crippen LogP contribution in [-0.2, 0) is 15.4 Å². The van der Waals surface area contributed by atoms with Gasteiger partial charge in [-0.05, 0) is 43.0 Å². The Morgan fingerprint density at radius 1 is 1.03 bits per heavy atom. The number of carbonyl (C=O) groups excluding carboxylic acids is 1. The average molecular weight is 454 g/mol. The van der Waals surface area contributed by atoms with Crippen molar-refractivity contribution in [2.75, 3.05) is 11.1 Å². The number of sulfonamides is 1. The predicted octanol–water partition coefficient (Wildman–Crippen LogP) is 5.09. The van der Waals surface area contributed by atoms with Gasteiger partial charge in [0.1, 0.15) is 10.7 Å². The van der Waals surface area contributed by atoms with Crippen molar-refractivity contribution in [3.63, 3.8) is 0 Å². The Labute approximate surface area is 190 Å². The maximum atomic E-state index is 13.6. The van der Waals surface area contributed by atoms with Crippen molar-refractivity contribution in [2.45, 2.75) is 69.1 Å². The maximum absolute atomic E-state index is 13.6. The lowest BCUT2D eigenvalue weighted by Crippen LogP contribution is -2.40. The molecule has 0 saturated carbocycles. The first-order chi connectivity index (χ1) is 15.3. The van der Waals surface area contributed by atoms with Gasteiger partial charge in [0.2, 0.25) is 0 Å². The number of rotatable bonds is 6. The van der Waals surface area contributed by atoms with Crippen LogP contribution in [0.4, 0.5) is 11.4 Å². The van der Waals surface area contributed by atoms with Crippen LogP contribution in [0.2, 0.25) is 0 Å². The second-order valence-corrected chi connectivity index (χ2v) is 10.5. The highest BCUT2D eigenvalue weighted by molar-refractivity contribution is 7.90. The number of ketones is 1. The van der Waals surface area contributed by atoms with E-state index in [-0.39, 0.29) is 21.9 Å². The van der Waals surface area contributed by atoms with E-state index in [0.29, 0.717) is 28.9 Å². The number of allylic oxidation sites excluding steroid dienone is 1. The van der Waals surface area contributed by atoms with Gasteiger partial charge >= 0.3 is 0 Å². The molecule has 32 heavy (non-hydrogen) atoms. The summed E-state index contributed by atoms with van der Waals surface area (Å²) in [6.45, 7) is 4.35. The van der Waals surface area contributed by atoms with Crippen LogP contribution in [0.1, 0.15) is 74.7 Å². The van der Waals surface area contributed by atoms with Gasteiger partial charge in [-0.25, -0.2) is 8.42 Å². The highest BCUT2D eigenvalue weighted by Gasteiger charge is 2.43. The minimum atomic E-state index is -3.84. The summed E-state index contributed by atoms with van der Waals surface area (Å²) < 4.78 is 28.6. The van der Waals surface area contributed by atoms with E-state index in [9.17, 15) is 13.2 Å². The van der Waals surface area contributed by atoms with E-state index in [1.165, 1.54) is 6.07 Å². The number of hydrogen-bond acceptors (Lipinski definition) is 5. The molecule has 0 atom stereocenters. The normalized spacial score (nSPS) is 20.6. The molecule has 0 spiro atoms. The van der Waals surface area contributed by atoms with Gasteiger partial charge in [-0.1, -0.05) is 63.8 Å². The molecule has 6 nitrogen and oxygen atoms in total. The van der Waals surface area contributed by atoms with Gasteiger partial charge in [0.25, 0.3) is 10.0 Å². The number of anilines is 2. The second-order valence-electron chi connectivity index (χ2n) is 8.88. The second kappa shape index (κ2) is 8.62. The molecule has 1 heterocycles. The topological polar surface area (TPSA) is 101 Å². The van der Waals surface area contributed by atoms with Crippen LogP contribution >= 0.6 is 0 Å². The quantitative estimate of drug-likeness (QED) is 0.418. The van der Waals surface area contributed by atoms with E-state index in [2.05, 4.69) is 30.0 Å². The van der Waals surface area contributed by atoms with E-state index in [4.69, 9.17) is 5.73 Å². The summed E-state index contributed by atoms with van der Waals surface area (Å²) in [6, 6.07) is 12.6. The van der Waals surface area contributed by atoms with Crippen LogP contribution in [0.15, 0.2) is 58.8 Å². The Hall–Kier alpha value is -2.80. The van der Waals surface area contributed by atoms with E-state index in [0.717, 1.165) is 44.1 Å². The molecule has 2 aliphatic rings. The zero-order chi connectivity index (χ0) is 22.9. The van der Waals surface area contributed by atoms with E-state index in [1.807, 2.05) is 18.2 Å². The summed E-state index contributed by atoms with van der Waals surface area (Å²) >= 11 is 0. The Morgan fingerprint density at radius 3 is 2.41 bits per heavy atom. The first-order valence-electron chi connectivity index (χ1n) is 11.4. The molecule has 4 rings (SSSR count). The van der Waals surface area contributed by atoms with E-state index >= 15 is 0 Å². The molecular formula is C25H31N3O3S. The fraction of sp³-hybridized carbons (Fsp3) is 0.400. The number of nitrogens with one attached hydrogen (secondary N) is 2. The molecule has 1 aliphatic carbocycles. The fourth-order valence-corrected chi connectivity index (χ4v) is 6.23. The highest BCUT2D eigenvalue weighted by Crippen LogP contribution is 2.47. The lowest BCUT2D eigenvalue weighted by Gasteiger charge is -2.41. The summed E-state index contributed by atoms with van der Waals surface area (Å²) in [5.41, 5.74) is 8.69. The summed E-state index contributed by atoms with van der Waals surface area (Å²) in [5, 5.41) is 3.17. The van der Waals surface area contributed by atoms with Crippen molar-refractivity contribution in [1.29, 1.82) is 0 Å². The van der Waals surface area contributed by atoms with E-state index < -0.39 is 10.0 Å². The van der Waals surface area contributed by atoms with Crippen molar-refractivity contribution >= 4 is 27.2 Å². The number of carbonyl (C=O) groups is 1. The smallest absolute Gasteiger partial charge is 0.265 e. The Balaban J connectivity index is 1.87. The van der Waals surface area contributed by atoms with Crippen molar-refractivity contribution in [1.82, 2.24) is 4.72 Å². The van der Waals surface area contributed by atoms with Gasteiger partial charge in [-0.15, -0.1) is 0 Å². The number of fused-ring (bicyclic) bond motifs is 2. The van der Waals surface area contributed by atoms with Gasteiger partial charge in [0.05, 0.1) is 5.69 Å². The number of nitrogen functional groups attached to an aromatic ring is 1. The Morgan fingerprint density at radius 2 is 1.72 bits per heavy atom. The van der Waals surface area contributed by atoms with Crippen LogP contribution in [0.25, 0.3) is 0 Å². The van der Waals surface area contributed by atoms with Crippen LogP contribution < -0.4 is 15.8 Å². The molecule has 0 aromatic heterocycles. The predicted molar refractivity (Wildman–Crippen MR) is 128 cm³/mol. The lowest BCUT2D eigenvalue weighted by molar-refractivity contribution is 0.100. The molecular weight excluding hydrogens is 422 g/mol. The van der Waals surface area contributed by atoms with Crippen LogP contribution in [0.3, 0.4) is 0 Å². The Bertz CT molecular complexity index is 1180. The number of benzene rings is 2. The number of Topliss-reactive ketones (excluding diaryl/α,β-unsaturated/α-hetero) is 1. The monoisotopic (exact) mass is 453 g/mol. The summed E-state index contributed by atoms with van der Waals surface area (Å²) in [4.78, 5) is 13.7. The van der Waals surface area contributed by atoms with Gasteiger partial charge in [-0.3, -0.25) is 9.52 Å².